The van der Waals surface area contributed by atoms with Crippen LogP contribution in [0.25, 0.3) is 0 Å². The van der Waals surface area contributed by atoms with Crippen LogP contribution in [0.15, 0.2) is 12.3 Å². The molecule has 1 unspecified atom stereocenters. The van der Waals surface area contributed by atoms with E-state index in [0.29, 0.717) is 12.1 Å². The number of sulfonamides is 1. The molecular weight excluding hydrogens is 332 g/mol. The number of ether oxygens (including phenoxy) is 1. The van der Waals surface area contributed by atoms with Crippen molar-refractivity contribution in [3.63, 3.8) is 0 Å². The largest absolute Gasteiger partial charge is 0.469 e. The summed E-state index contributed by atoms with van der Waals surface area (Å²) in [5.41, 5.74) is 0.385. The molecule has 1 aromatic rings. The lowest BCUT2D eigenvalue weighted by Crippen LogP contribution is -2.28. The topological polar surface area (TPSA) is 90.3 Å². The first kappa shape index (κ1) is 16.3. The minimum atomic E-state index is -3.61. The smallest absolute Gasteiger partial charge is 0.308 e. The van der Waals surface area contributed by atoms with Gasteiger partial charge >= 0.3 is 5.97 Å². The maximum atomic E-state index is 13.1. The Morgan fingerprint density at radius 1 is 1.57 bits per heavy atom. The van der Waals surface area contributed by atoms with Crippen LogP contribution in [-0.2, 0) is 26.1 Å². The van der Waals surface area contributed by atoms with Gasteiger partial charge in [-0.1, -0.05) is 0 Å². The lowest BCUT2D eigenvalue weighted by molar-refractivity contribution is -0.142. The van der Waals surface area contributed by atoms with Gasteiger partial charge in [-0.15, -0.1) is 0 Å². The molecule has 0 saturated heterocycles. The summed E-state index contributed by atoms with van der Waals surface area (Å²) in [6, 6.07) is 0.509. The van der Waals surface area contributed by atoms with Gasteiger partial charge < -0.3 is 4.74 Å². The highest BCUT2D eigenvalue weighted by Gasteiger charge is 2.59. The first-order valence-corrected chi connectivity index (χ1v) is 8.84. The molecule has 0 bridgehead atoms. The van der Waals surface area contributed by atoms with Gasteiger partial charge in [0.15, 0.2) is 0 Å². The number of alkyl halides is 2. The van der Waals surface area contributed by atoms with E-state index in [1.807, 2.05) is 0 Å². The normalized spacial score (nSPS) is 28.4. The van der Waals surface area contributed by atoms with Crippen LogP contribution in [0.1, 0.15) is 24.6 Å². The molecule has 2 saturated carbocycles. The van der Waals surface area contributed by atoms with Crippen LogP contribution in [0.3, 0.4) is 0 Å². The zero-order chi connectivity index (χ0) is 16.8. The first-order chi connectivity index (χ1) is 10.7. The van der Waals surface area contributed by atoms with E-state index in [0.717, 1.165) is 4.68 Å². The van der Waals surface area contributed by atoms with Crippen molar-refractivity contribution in [3.05, 3.63) is 18.0 Å². The number of halogens is 2. The number of nitrogens with one attached hydrogen (secondary N) is 1. The molecule has 23 heavy (non-hydrogen) atoms. The molecule has 128 valence electrons. The number of carbonyl (C=O) groups excluding carboxylic acids is 1. The minimum absolute atomic E-state index is 0.107. The Kier molecular flexibility index (Phi) is 3.91. The van der Waals surface area contributed by atoms with E-state index in [2.05, 4.69) is 14.6 Å². The van der Waals surface area contributed by atoms with Crippen LogP contribution in [0.5, 0.6) is 0 Å². The van der Waals surface area contributed by atoms with Crippen LogP contribution in [-0.4, -0.2) is 43.0 Å². The van der Waals surface area contributed by atoms with Gasteiger partial charge in [-0.2, -0.15) is 5.10 Å². The number of esters is 1. The summed E-state index contributed by atoms with van der Waals surface area (Å²) in [6.45, 7) is -0.107. The number of carbonyl (C=O) groups is 1. The van der Waals surface area contributed by atoms with E-state index < -0.39 is 28.0 Å². The number of nitrogens with zero attached hydrogens (tertiary/aromatic N) is 2. The lowest BCUT2D eigenvalue weighted by atomic mass is 10.3. The fraction of sp³-hybridized carbons (Fsp3) is 0.692. The highest BCUT2D eigenvalue weighted by Crippen LogP contribution is 2.52. The quantitative estimate of drug-likeness (QED) is 0.732. The second kappa shape index (κ2) is 5.52. The van der Waals surface area contributed by atoms with Gasteiger partial charge in [0.1, 0.15) is 6.04 Å². The molecule has 2 fully saturated rings. The van der Waals surface area contributed by atoms with Gasteiger partial charge in [0, 0.05) is 12.6 Å². The molecule has 2 aliphatic carbocycles. The fourth-order valence-electron chi connectivity index (χ4n) is 2.62. The molecule has 0 aromatic carbocycles. The lowest BCUT2D eigenvalue weighted by Gasteiger charge is -2.09. The Balaban J connectivity index is 1.55. The summed E-state index contributed by atoms with van der Waals surface area (Å²) < 4.78 is 58.3. The minimum Gasteiger partial charge on any atom is -0.469 e. The Morgan fingerprint density at radius 3 is 2.87 bits per heavy atom. The summed E-state index contributed by atoms with van der Waals surface area (Å²) in [7, 11) is -2.34. The average Bonchev–Trinajstić information content (AvgIpc) is 3.29. The van der Waals surface area contributed by atoms with Crippen molar-refractivity contribution in [1.29, 1.82) is 0 Å². The van der Waals surface area contributed by atoms with E-state index in [9.17, 15) is 22.0 Å². The van der Waals surface area contributed by atoms with Crippen molar-refractivity contribution in [2.24, 2.45) is 11.8 Å². The maximum absolute atomic E-state index is 13.1. The summed E-state index contributed by atoms with van der Waals surface area (Å²) in [6.07, 6.45) is 1.57. The molecular formula is C13H17F2N3O4S. The highest BCUT2D eigenvalue weighted by molar-refractivity contribution is 7.89. The van der Waals surface area contributed by atoms with Crippen LogP contribution in [0.2, 0.25) is 0 Å². The third kappa shape index (κ3) is 3.52. The number of hydrogen-bond acceptors (Lipinski definition) is 5. The standard InChI is InChI=1S/C13H17F2N3O4S/c1-22-12(19)10-4-8(10)7-23(20,21)17-6-9-2-3-16-18(9)11-5-13(11,14)15/h2-3,8,10-11,17H,4-7H2,1H3/t8-,10+,11?/m0/s1. The molecule has 2 aliphatic rings. The van der Waals surface area contributed by atoms with Crippen molar-refractivity contribution < 1.29 is 26.7 Å². The van der Waals surface area contributed by atoms with E-state index in [1.165, 1.54) is 19.4 Å². The zero-order valence-electron chi connectivity index (χ0n) is 12.4. The fourth-order valence-corrected chi connectivity index (χ4v) is 4.04. The number of aromatic nitrogens is 2. The molecule has 0 spiro atoms. The first-order valence-electron chi connectivity index (χ1n) is 7.19. The number of rotatable bonds is 7. The van der Waals surface area contributed by atoms with Crippen molar-refractivity contribution in [2.75, 3.05) is 12.9 Å². The Morgan fingerprint density at radius 2 is 2.26 bits per heavy atom. The zero-order valence-corrected chi connectivity index (χ0v) is 13.2. The van der Waals surface area contributed by atoms with Gasteiger partial charge in [0.25, 0.3) is 5.92 Å². The number of methoxy groups -OCH3 is 1. The van der Waals surface area contributed by atoms with E-state index >= 15 is 0 Å². The second-order valence-electron chi connectivity index (χ2n) is 5.98. The van der Waals surface area contributed by atoms with E-state index in [-0.39, 0.29) is 30.6 Å². The molecule has 0 amide bonds. The second-order valence-corrected chi connectivity index (χ2v) is 7.83. The molecule has 3 rings (SSSR count). The maximum Gasteiger partial charge on any atom is 0.308 e. The van der Waals surface area contributed by atoms with Crippen LogP contribution in [0.4, 0.5) is 8.78 Å². The van der Waals surface area contributed by atoms with Gasteiger partial charge in [-0.05, 0) is 18.4 Å². The Hall–Kier alpha value is -1.55. The summed E-state index contributed by atoms with van der Waals surface area (Å²) in [5.74, 6) is -3.98. The van der Waals surface area contributed by atoms with Gasteiger partial charge in [-0.3, -0.25) is 9.48 Å². The van der Waals surface area contributed by atoms with Gasteiger partial charge in [0.05, 0.1) is 31.0 Å². The molecule has 0 radical (unpaired) electrons. The van der Waals surface area contributed by atoms with Crippen molar-refractivity contribution in [1.82, 2.24) is 14.5 Å². The Bertz CT molecular complexity index is 719. The predicted molar refractivity (Wildman–Crippen MR) is 75.1 cm³/mol. The van der Waals surface area contributed by atoms with Gasteiger partial charge in [0.2, 0.25) is 10.0 Å². The third-order valence-electron chi connectivity index (χ3n) is 4.17. The third-order valence-corrected chi connectivity index (χ3v) is 5.62. The molecule has 10 heteroatoms. The van der Waals surface area contributed by atoms with Crippen molar-refractivity contribution in [3.8, 4) is 0 Å². The van der Waals surface area contributed by atoms with Crippen LogP contribution >= 0.6 is 0 Å². The van der Waals surface area contributed by atoms with Crippen LogP contribution in [0, 0.1) is 11.8 Å². The molecule has 0 aliphatic heterocycles. The summed E-state index contributed by atoms with van der Waals surface area (Å²) in [4.78, 5) is 11.3. The molecule has 3 atom stereocenters. The predicted octanol–water partition coefficient (Wildman–Crippen LogP) is 0.692. The Labute approximate surface area is 132 Å². The van der Waals surface area contributed by atoms with Crippen LogP contribution < -0.4 is 4.72 Å². The van der Waals surface area contributed by atoms with Crippen molar-refractivity contribution in [2.45, 2.75) is 31.4 Å². The number of hydrogen-bond donors (Lipinski definition) is 1. The molecule has 1 aromatic heterocycles. The monoisotopic (exact) mass is 349 g/mol. The molecule has 7 nitrogen and oxygen atoms in total. The summed E-state index contributed by atoms with van der Waals surface area (Å²) in [5, 5.41) is 3.83. The van der Waals surface area contributed by atoms with Crippen molar-refractivity contribution >= 4 is 16.0 Å². The van der Waals surface area contributed by atoms with Gasteiger partial charge in [-0.25, -0.2) is 21.9 Å². The summed E-state index contributed by atoms with van der Waals surface area (Å²) >= 11 is 0. The van der Waals surface area contributed by atoms with E-state index in [1.54, 1.807) is 0 Å². The molecule has 1 heterocycles. The molecule has 1 N–H and O–H groups in total. The average molecular weight is 349 g/mol. The SMILES string of the molecule is COC(=O)[C@@H]1C[C@H]1CS(=O)(=O)NCc1ccnn1C1CC1(F)F. The van der Waals surface area contributed by atoms with E-state index in [4.69, 9.17) is 0 Å². The highest BCUT2D eigenvalue weighted by atomic mass is 32.2.